The van der Waals surface area contributed by atoms with E-state index in [0.717, 1.165) is 15.6 Å². The molecule has 2 aromatic rings. The van der Waals surface area contributed by atoms with Crippen molar-refractivity contribution in [3.05, 3.63) is 54.1 Å². The Labute approximate surface area is 121 Å². The van der Waals surface area contributed by atoms with Crippen LogP contribution in [0.4, 0.5) is 11.4 Å². The lowest BCUT2D eigenvalue weighted by Crippen LogP contribution is -1.98. The van der Waals surface area contributed by atoms with Crippen molar-refractivity contribution in [2.45, 2.75) is 6.54 Å². The standard InChI is InChI=1S/C11H8BrClN2O2S/c12-10-4-8(15(16)17)1-2-11(10)14-5-9-3-7(13)6-18-9/h1-4,6,14H,5H2. The third kappa shape index (κ3) is 3.22. The summed E-state index contributed by atoms with van der Waals surface area (Å²) in [5.41, 5.74) is 0.872. The molecule has 0 aliphatic rings. The van der Waals surface area contributed by atoms with Crippen molar-refractivity contribution < 1.29 is 4.92 Å². The van der Waals surface area contributed by atoms with Gasteiger partial charge >= 0.3 is 0 Å². The maximum atomic E-state index is 10.6. The largest absolute Gasteiger partial charge is 0.379 e. The molecule has 0 spiro atoms. The fourth-order valence-electron chi connectivity index (χ4n) is 1.39. The number of non-ortho nitro benzene ring substituents is 1. The van der Waals surface area contributed by atoms with Crippen LogP contribution in [0.1, 0.15) is 4.88 Å². The quantitative estimate of drug-likeness (QED) is 0.645. The number of halogens is 2. The summed E-state index contributed by atoms with van der Waals surface area (Å²) in [6.07, 6.45) is 0. The molecule has 4 nitrogen and oxygen atoms in total. The van der Waals surface area contributed by atoms with E-state index in [4.69, 9.17) is 11.6 Å². The summed E-state index contributed by atoms with van der Waals surface area (Å²) in [4.78, 5) is 11.3. The smallest absolute Gasteiger partial charge is 0.270 e. The van der Waals surface area contributed by atoms with Crippen LogP contribution in [0.2, 0.25) is 5.02 Å². The van der Waals surface area contributed by atoms with Gasteiger partial charge in [-0.15, -0.1) is 11.3 Å². The molecular formula is C11H8BrClN2O2S. The van der Waals surface area contributed by atoms with Crippen molar-refractivity contribution >= 4 is 50.2 Å². The predicted molar refractivity (Wildman–Crippen MR) is 77.5 cm³/mol. The second-order valence-electron chi connectivity index (χ2n) is 3.51. The van der Waals surface area contributed by atoms with Crippen LogP contribution in [0.15, 0.2) is 34.1 Å². The average Bonchev–Trinajstić information content (AvgIpc) is 2.73. The average molecular weight is 348 g/mol. The van der Waals surface area contributed by atoms with Gasteiger partial charge in [0.05, 0.1) is 9.95 Å². The third-order valence-electron chi connectivity index (χ3n) is 2.24. The SMILES string of the molecule is O=[N+]([O-])c1ccc(NCc2cc(Cl)cs2)c(Br)c1. The molecule has 18 heavy (non-hydrogen) atoms. The summed E-state index contributed by atoms with van der Waals surface area (Å²) >= 11 is 10.7. The Kier molecular flexibility index (Phi) is 4.21. The summed E-state index contributed by atoms with van der Waals surface area (Å²) in [6, 6.07) is 6.51. The highest BCUT2D eigenvalue weighted by Crippen LogP contribution is 2.28. The van der Waals surface area contributed by atoms with Crippen molar-refractivity contribution in [2.75, 3.05) is 5.32 Å². The highest BCUT2D eigenvalue weighted by molar-refractivity contribution is 9.10. The van der Waals surface area contributed by atoms with Gasteiger partial charge in [-0.2, -0.15) is 0 Å². The molecular weight excluding hydrogens is 340 g/mol. The summed E-state index contributed by atoms with van der Waals surface area (Å²) < 4.78 is 0.666. The zero-order chi connectivity index (χ0) is 13.1. The Hall–Kier alpha value is -1.11. The highest BCUT2D eigenvalue weighted by Gasteiger charge is 2.09. The normalized spacial score (nSPS) is 10.3. The van der Waals surface area contributed by atoms with E-state index in [9.17, 15) is 10.1 Å². The van der Waals surface area contributed by atoms with E-state index in [1.54, 1.807) is 17.4 Å². The summed E-state index contributed by atoms with van der Waals surface area (Å²) in [5.74, 6) is 0. The molecule has 0 amide bonds. The van der Waals surface area contributed by atoms with Crippen molar-refractivity contribution in [3.8, 4) is 0 Å². The topological polar surface area (TPSA) is 55.2 Å². The third-order valence-corrected chi connectivity index (χ3v) is 4.18. The lowest BCUT2D eigenvalue weighted by molar-refractivity contribution is -0.384. The highest BCUT2D eigenvalue weighted by atomic mass is 79.9. The van der Waals surface area contributed by atoms with E-state index in [-0.39, 0.29) is 5.69 Å². The summed E-state index contributed by atoms with van der Waals surface area (Å²) in [5, 5.41) is 16.4. The molecule has 0 fully saturated rings. The first-order chi connectivity index (χ1) is 8.56. The van der Waals surface area contributed by atoms with E-state index >= 15 is 0 Å². The number of hydrogen-bond donors (Lipinski definition) is 1. The number of nitrogens with zero attached hydrogens (tertiary/aromatic N) is 1. The Morgan fingerprint density at radius 2 is 2.22 bits per heavy atom. The van der Waals surface area contributed by atoms with Gasteiger partial charge < -0.3 is 5.32 Å². The molecule has 1 aromatic heterocycles. The monoisotopic (exact) mass is 346 g/mol. The van der Waals surface area contributed by atoms with E-state index in [0.29, 0.717) is 11.0 Å². The van der Waals surface area contributed by atoms with Crippen LogP contribution in [0, 0.1) is 10.1 Å². The van der Waals surface area contributed by atoms with Crippen LogP contribution < -0.4 is 5.32 Å². The Morgan fingerprint density at radius 3 is 2.78 bits per heavy atom. The number of hydrogen-bond acceptors (Lipinski definition) is 4. The number of nitro groups is 1. The molecule has 1 N–H and O–H groups in total. The minimum atomic E-state index is -0.423. The molecule has 7 heteroatoms. The Bertz CT molecular complexity index is 588. The summed E-state index contributed by atoms with van der Waals surface area (Å²) in [7, 11) is 0. The molecule has 0 saturated heterocycles. The second kappa shape index (κ2) is 5.69. The number of anilines is 1. The van der Waals surface area contributed by atoms with Crippen LogP contribution in [0.3, 0.4) is 0 Å². The molecule has 0 aliphatic heterocycles. The number of nitro benzene ring substituents is 1. The fraction of sp³-hybridized carbons (Fsp3) is 0.0909. The first-order valence-corrected chi connectivity index (χ1v) is 7.02. The fourth-order valence-corrected chi connectivity index (χ4v) is 2.91. The maximum absolute atomic E-state index is 10.6. The molecule has 2 rings (SSSR count). The maximum Gasteiger partial charge on any atom is 0.270 e. The molecule has 1 heterocycles. The molecule has 1 aromatic carbocycles. The number of thiophene rings is 1. The van der Waals surface area contributed by atoms with Crippen LogP contribution in [0.5, 0.6) is 0 Å². The lowest BCUT2D eigenvalue weighted by Gasteiger charge is -2.06. The number of rotatable bonds is 4. The number of nitrogens with one attached hydrogen (secondary N) is 1. The van der Waals surface area contributed by atoms with Gasteiger partial charge in [0.25, 0.3) is 5.69 Å². The van der Waals surface area contributed by atoms with Crippen LogP contribution in [-0.2, 0) is 6.54 Å². The lowest BCUT2D eigenvalue weighted by atomic mass is 10.3. The van der Waals surface area contributed by atoms with Crippen molar-refractivity contribution in [1.29, 1.82) is 0 Å². The van der Waals surface area contributed by atoms with Gasteiger partial charge in [-0.3, -0.25) is 10.1 Å². The van der Waals surface area contributed by atoms with Crippen molar-refractivity contribution in [1.82, 2.24) is 0 Å². The zero-order valence-corrected chi connectivity index (χ0v) is 12.2. The van der Waals surface area contributed by atoms with E-state index in [1.807, 2.05) is 11.4 Å². The van der Waals surface area contributed by atoms with Gasteiger partial charge in [-0.25, -0.2) is 0 Å². The van der Waals surface area contributed by atoms with E-state index < -0.39 is 4.92 Å². The van der Waals surface area contributed by atoms with Gasteiger partial charge in [0.15, 0.2) is 0 Å². The molecule has 0 radical (unpaired) electrons. The van der Waals surface area contributed by atoms with Gasteiger partial charge in [-0.1, -0.05) is 11.6 Å². The molecule has 94 valence electrons. The Balaban J connectivity index is 2.08. The second-order valence-corrected chi connectivity index (χ2v) is 5.79. The molecule has 0 atom stereocenters. The predicted octanol–water partition coefficient (Wildman–Crippen LogP) is 4.68. The van der Waals surface area contributed by atoms with Gasteiger partial charge in [-0.05, 0) is 28.1 Å². The van der Waals surface area contributed by atoms with E-state index in [1.165, 1.54) is 12.1 Å². The number of benzene rings is 1. The van der Waals surface area contributed by atoms with Crippen LogP contribution in [0.25, 0.3) is 0 Å². The van der Waals surface area contributed by atoms with E-state index in [2.05, 4.69) is 21.2 Å². The van der Waals surface area contributed by atoms with Gasteiger partial charge in [0, 0.05) is 39.1 Å². The molecule has 0 aliphatic carbocycles. The summed E-state index contributed by atoms with van der Waals surface area (Å²) in [6.45, 7) is 0.633. The minimum absolute atomic E-state index is 0.0617. The van der Waals surface area contributed by atoms with Gasteiger partial charge in [0.2, 0.25) is 0 Å². The zero-order valence-electron chi connectivity index (χ0n) is 9.02. The van der Waals surface area contributed by atoms with Crippen LogP contribution >= 0.6 is 38.9 Å². The molecule has 0 bridgehead atoms. The molecule has 0 unspecified atom stereocenters. The molecule has 0 saturated carbocycles. The first-order valence-electron chi connectivity index (χ1n) is 4.97. The minimum Gasteiger partial charge on any atom is -0.379 e. The van der Waals surface area contributed by atoms with Crippen molar-refractivity contribution in [3.63, 3.8) is 0 Å². The van der Waals surface area contributed by atoms with Gasteiger partial charge in [0.1, 0.15) is 0 Å². The van der Waals surface area contributed by atoms with Crippen LogP contribution in [-0.4, -0.2) is 4.92 Å². The van der Waals surface area contributed by atoms with Crippen molar-refractivity contribution in [2.24, 2.45) is 0 Å². The first kappa shape index (κ1) is 13.3. The Morgan fingerprint density at radius 1 is 1.44 bits per heavy atom.